The quantitative estimate of drug-likeness (QED) is 0.523. The minimum absolute atomic E-state index is 0.153. The molecule has 1 fully saturated rings. The van der Waals surface area contributed by atoms with E-state index < -0.39 is 0 Å². The Hall–Kier alpha value is -2.15. The van der Waals surface area contributed by atoms with Gasteiger partial charge < -0.3 is 4.98 Å². The number of pyridine rings is 1. The van der Waals surface area contributed by atoms with Crippen molar-refractivity contribution in [1.82, 2.24) is 19.4 Å². The van der Waals surface area contributed by atoms with E-state index in [1.165, 1.54) is 35.7 Å². The molecule has 0 aliphatic carbocycles. The van der Waals surface area contributed by atoms with E-state index in [2.05, 4.69) is 27.0 Å². The first-order valence-corrected chi connectivity index (χ1v) is 10.4. The predicted molar refractivity (Wildman–Crippen MR) is 111 cm³/mol. The van der Waals surface area contributed by atoms with Gasteiger partial charge in [-0.3, -0.25) is 9.47 Å². The zero-order valence-corrected chi connectivity index (χ0v) is 16.3. The Labute approximate surface area is 165 Å². The minimum atomic E-state index is -0.153. The number of para-hydroxylation sites is 1. The SMILES string of the molecule is O=c1[nH]c2c(Cl)nc3ccccc3c2n1Cc1ccc(CN2CCCC2)s1. The smallest absolute Gasteiger partial charge is 0.303 e. The van der Waals surface area contributed by atoms with Gasteiger partial charge in [0.1, 0.15) is 5.52 Å². The number of benzene rings is 1. The van der Waals surface area contributed by atoms with Crippen LogP contribution in [0.2, 0.25) is 5.15 Å². The van der Waals surface area contributed by atoms with Gasteiger partial charge in [0.05, 0.1) is 17.6 Å². The molecule has 0 amide bonds. The van der Waals surface area contributed by atoms with Crippen molar-refractivity contribution in [3.8, 4) is 0 Å². The maximum Gasteiger partial charge on any atom is 0.326 e. The number of imidazole rings is 1. The predicted octanol–water partition coefficient (Wildman–Crippen LogP) is 4.24. The van der Waals surface area contributed by atoms with Crippen LogP contribution in [0.1, 0.15) is 22.6 Å². The van der Waals surface area contributed by atoms with Crippen LogP contribution in [0.5, 0.6) is 0 Å². The van der Waals surface area contributed by atoms with E-state index >= 15 is 0 Å². The number of rotatable bonds is 4. The number of likely N-dealkylation sites (tertiary alicyclic amines) is 1. The molecule has 0 bridgehead atoms. The number of nitrogens with zero attached hydrogens (tertiary/aromatic N) is 3. The van der Waals surface area contributed by atoms with E-state index in [-0.39, 0.29) is 5.69 Å². The molecule has 0 radical (unpaired) electrons. The molecule has 3 aromatic heterocycles. The molecule has 0 atom stereocenters. The molecule has 0 saturated carbocycles. The molecule has 1 aromatic carbocycles. The van der Waals surface area contributed by atoms with Crippen LogP contribution in [0.3, 0.4) is 0 Å². The molecule has 1 aliphatic rings. The average Bonchev–Trinajstić information content (AvgIpc) is 3.39. The van der Waals surface area contributed by atoms with Gasteiger partial charge in [0.15, 0.2) is 5.15 Å². The zero-order valence-electron chi connectivity index (χ0n) is 14.7. The Kier molecular flexibility index (Phi) is 4.27. The summed E-state index contributed by atoms with van der Waals surface area (Å²) in [5.74, 6) is 0. The number of hydrogen-bond acceptors (Lipinski definition) is 4. The summed E-state index contributed by atoms with van der Waals surface area (Å²) in [5, 5.41) is 1.27. The zero-order chi connectivity index (χ0) is 18.4. The van der Waals surface area contributed by atoms with Crippen LogP contribution in [-0.2, 0) is 13.1 Å². The molecule has 1 saturated heterocycles. The Morgan fingerprint density at radius 2 is 1.81 bits per heavy atom. The maximum absolute atomic E-state index is 12.6. The van der Waals surface area contributed by atoms with Gasteiger partial charge in [-0.05, 0) is 44.1 Å². The third-order valence-electron chi connectivity index (χ3n) is 5.18. The Morgan fingerprint density at radius 1 is 1.07 bits per heavy atom. The van der Waals surface area contributed by atoms with Crippen LogP contribution in [0.4, 0.5) is 0 Å². The van der Waals surface area contributed by atoms with Crippen LogP contribution < -0.4 is 5.69 Å². The average molecular weight is 399 g/mol. The fourth-order valence-corrected chi connectivity index (χ4v) is 5.17. The van der Waals surface area contributed by atoms with Crippen LogP contribution >= 0.6 is 22.9 Å². The third-order valence-corrected chi connectivity index (χ3v) is 6.51. The lowest BCUT2D eigenvalue weighted by Crippen LogP contribution is -2.17. The van der Waals surface area contributed by atoms with Gasteiger partial charge in [0.2, 0.25) is 0 Å². The lowest BCUT2D eigenvalue weighted by Gasteiger charge is -2.12. The number of hydrogen-bond donors (Lipinski definition) is 1. The van der Waals surface area contributed by atoms with Crippen LogP contribution in [0.25, 0.3) is 21.9 Å². The Morgan fingerprint density at radius 3 is 2.63 bits per heavy atom. The van der Waals surface area contributed by atoms with Crippen LogP contribution in [0.15, 0.2) is 41.2 Å². The number of aromatic amines is 1. The highest BCUT2D eigenvalue weighted by Gasteiger charge is 2.17. The van der Waals surface area contributed by atoms with E-state index in [9.17, 15) is 4.79 Å². The summed E-state index contributed by atoms with van der Waals surface area (Å²) in [5.41, 5.74) is 2.07. The summed E-state index contributed by atoms with van der Waals surface area (Å²) >= 11 is 8.11. The minimum Gasteiger partial charge on any atom is -0.303 e. The second-order valence-electron chi connectivity index (χ2n) is 7.01. The molecule has 0 unspecified atom stereocenters. The van der Waals surface area contributed by atoms with E-state index in [0.29, 0.717) is 17.2 Å². The van der Waals surface area contributed by atoms with Gasteiger partial charge in [0.25, 0.3) is 0 Å². The van der Waals surface area contributed by atoms with Crippen molar-refractivity contribution in [2.75, 3.05) is 13.1 Å². The van der Waals surface area contributed by atoms with Gasteiger partial charge in [-0.15, -0.1) is 11.3 Å². The van der Waals surface area contributed by atoms with Crippen LogP contribution in [0, 0.1) is 0 Å². The molecular weight excluding hydrogens is 380 g/mol. The van der Waals surface area contributed by atoms with Crippen molar-refractivity contribution < 1.29 is 0 Å². The van der Waals surface area contributed by atoms with E-state index in [4.69, 9.17) is 11.6 Å². The molecule has 1 N–H and O–H groups in total. The van der Waals surface area contributed by atoms with E-state index in [0.717, 1.165) is 23.0 Å². The van der Waals surface area contributed by atoms with E-state index in [1.54, 1.807) is 15.9 Å². The van der Waals surface area contributed by atoms with Gasteiger partial charge in [-0.1, -0.05) is 29.8 Å². The number of halogens is 1. The summed E-state index contributed by atoms with van der Waals surface area (Å²) < 4.78 is 1.77. The number of fused-ring (bicyclic) bond motifs is 3. The molecule has 5 nitrogen and oxygen atoms in total. The lowest BCUT2D eigenvalue weighted by atomic mass is 10.2. The van der Waals surface area contributed by atoms with Crippen molar-refractivity contribution in [3.05, 3.63) is 61.8 Å². The van der Waals surface area contributed by atoms with E-state index in [1.807, 2.05) is 24.3 Å². The molecule has 5 rings (SSSR count). The first kappa shape index (κ1) is 17.0. The molecule has 1 aliphatic heterocycles. The van der Waals surface area contributed by atoms with Crippen molar-refractivity contribution >= 4 is 44.9 Å². The highest BCUT2D eigenvalue weighted by Crippen LogP contribution is 2.28. The molecule has 138 valence electrons. The number of nitrogens with one attached hydrogen (secondary N) is 1. The highest BCUT2D eigenvalue weighted by atomic mass is 35.5. The van der Waals surface area contributed by atoms with Gasteiger partial charge in [0, 0.05) is 21.7 Å². The molecular formula is C20H19ClN4OS. The topological polar surface area (TPSA) is 53.9 Å². The molecule has 27 heavy (non-hydrogen) atoms. The summed E-state index contributed by atoms with van der Waals surface area (Å²) in [6, 6.07) is 12.1. The standard InChI is InChI=1S/C20H19ClN4OS/c21-19-17-18(15-5-1-2-6-16(15)22-19)25(20(26)23-17)12-14-8-7-13(27-14)11-24-9-3-4-10-24/h1-2,5-8H,3-4,9-12H2,(H,23,26). The van der Waals surface area contributed by atoms with Crippen molar-refractivity contribution in [3.63, 3.8) is 0 Å². The molecule has 4 heterocycles. The van der Waals surface area contributed by atoms with Gasteiger partial charge in [-0.2, -0.15) is 0 Å². The number of thiophene rings is 1. The highest BCUT2D eigenvalue weighted by molar-refractivity contribution is 7.11. The number of H-pyrrole nitrogens is 1. The second kappa shape index (κ2) is 6.78. The van der Waals surface area contributed by atoms with Gasteiger partial charge in [-0.25, -0.2) is 9.78 Å². The summed E-state index contributed by atoms with van der Waals surface area (Å²) in [6.07, 6.45) is 2.59. The van der Waals surface area contributed by atoms with Crippen molar-refractivity contribution in [2.45, 2.75) is 25.9 Å². The Balaban J connectivity index is 1.54. The summed E-state index contributed by atoms with van der Waals surface area (Å²) in [7, 11) is 0. The largest absolute Gasteiger partial charge is 0.326 e. The summed E-state index contributed by atoms with van der Waals surface area (Å²) in [6.45, 7) is 3.92. The van der Waals surface area contributed by atoms with Crippen molar-refractivity contribution in [1.29, 1.82) is 0 Å². The van der Waals surface area contributed by atoms with Gasteiger partial charge >= 0.3 is 5.69 Å². The third kappa shape index (κ3) is 3.08. The maximum atomic E-state index is 12.6. The number of aromatic nitrogens is 3. The lowest BCUT2D eigenvalue weighted by molar-refractivity contribution is 0.334. The molecule has 7 heteroatoms. The fourth-order valence-electron chi connectivity index (χ4n) is 3.89. The summed E-state index contributed by atoms with van der Waals surface area (Å²) in [4.78, 5) is 24.9. The van der Waals surface area contributed by atoms with Crippen molar-refractivity contribution in [2.24, 2.45) is 0 Å². The van der Waals surface area contributed by atoms with Crippen LogP contribution in [-0.4, -0.2) is 32.5 Å². The first-order valence-electron chi connectivity index (χ1n) is 9.16. The molecule has 0 spiro atoms. The second-order valence-corrected chi connectivity index (χ2v) is 8.62. The monoisotopic (exact) mass is 398 g/mol. The normalized spacial score (nSPS) is 15.3. The fraction of sp³-hybridized carbons (Fsp3) is 0.300. The first-order chi connectivity index (χ1) is 13.2. The Bertz CT molecular complexity index is 1190. The molecule has 4 aromatic rings.